The minimum atomic E-state index is -0.664. The van der Waals surface area contributed by atoms with Crippen LogP contribution in [-0.4, -0.2) is 89.1 Å². The standard InChI is InChI=1S/C30H41N7O6/c38-27-9-8-26(29(40)33-27)37-19-22-18-23(6-7-24(22)30(37)41)32-28(39)10-11-31-12-14-42-16-17-43-15-13-36-20-25(34-35-36)21-4-2-1-3-5-21/h6-7,18,20-21,26,31H,1-5,8-17,19H2,(H,32,39)(H,33,38,40). The topological polar surface area (TPSA) is 157 Å². The molecule has 0 bridgehead atoms. The lowest BCUT2D eigenvalue weighted by atomic mass is 9.87. The van der Waals surface area contributed by atoms with Crippen molar-refractivity contribution < 1.29 is 28.7 Å². The summed E-state index contributed by atoms with van der Waals surface area (Å²) in [6.45, 7) is 4.13. The first-order chi connectivity index (χ1) is 21.0. The van der Waals surface area contributed by atoms with Gasteiger partial charge in [0.05, 0.1) is 38.7 Å². The number of carbonyl (C=O) groups is 4. The van der Waals surface area contributed by atoms with E-state index in [1.807, 2.05) is 4.68 Å². The predicted octanol–water partition coefficient (Wildman–Crippen LogP) is 1.74. The van der Waals surface area contributed by atoms with Gasteiger partial charge in [-0.3, -0.25) is 24.5 Å². The molecule has 0 radical (unpaired) electrons. The van der Waals surface area contributed by atoms with Crippen molar-refractivity contribution in [3.8, 4) is 0 Å². The van der Waals surface area contributed by atoms with Gasteiger partial charge in [-0.1, -0.05) is 24.5 Å². The summed E-state index contributed by atoms with van der Waals surface area (Å²) in [5, 5.41) is 16.9. The molecule has 232 valence electrons. The second-order valence-electron chi connectivity index (χ2n) is 11.3. The number of carbonyl (C=O) groups excluding carboxylic acids is 4. The fourth-order valence-electron chi connectivity index (χ4n) is 5.84. The summed E-state index contributed by atoms with van der Waals surface area (Å²) in [6, 6.07) is 4.46. The number of piperidine rings is 1. The molecular weight excluding hydrogens is 554 g/mol. The number of nitrogens with one attached hydrogen (secondary N) is 3. The third kappa shape index (κ3) is 8.46. The molecule has 1 aromatic carbocycles. The maximum absolute atomic E-state index is 12.8. The number of hydrogen-bond acceptors (Lipinski definition) is 9. The number of fused-ring (bicyclic) bond motifs is 1. The van der Waals surface area contributed by atoms with E-state index in [2.05, 4.69) is 32.5 Å². The van der Waals surface area contributed by atoms with E-state index in [-0.39, 0.29) is 37.1 Å². The van der Waals surface area contributed by atoms with Crippen molar-refractivity contribution in [2.24, 2.45) is 0 Å². The zero-order valence-electron chi connectivity index (χ0n) is 24.5. The van der Waals surface area contributed by atoms with E-state index < -0.39 is 11.9 Å². The second-order valence-corrected chi connectivity index (χ2v) is 11.3. The lowest BCUT2D eigenvalue weighted by Gasteiger charge is -2.29. The van der Waals surface area contributed by atoms with E-state index in [4.69, 9.17) is 9.47 Å². The number of aromatic nitrogens is 3. The third-order valence-electron chi connectivity index (χ3n) is 8.18. The Labute approximate surface area is 251 Å². The number of nitrogens with zero attached hydrogens (tertiary/aromatic N) is 4. The Balaban J connectivity index is 0.892. The minimum absolute atomic E-state index is 0.147. The molecule has 1 unspecified atom stereocenters. The summed E-state index contributed by atoms with van der Waals surface area (Å²) in [5.41, 5.74) is 2.95. The molecule has 1 saturated heterocycles. The summed E-state index contributed by atoms with van der Waals surface area (Å²) >= 11 is 0. The van der Waals surface area contributed by atoms with Crippen LogP contribution in [0.1, 0.15) is 78.9 Å². The SMILES string of the molecule is O=C1CCC(N2Cc3cc(NC(=O)CCNCCOCCOCCn4cc(C5CCCCC5)nn4)ccc3C2=O)C(=O)N1. The molecule has 3 N–H and O–H groups in total. The highest BCUT2D eigenvalue weighted by Gasteiger charge is 2.39. The largest absolute Gasteiger partial charge is 0.378 e. The maximum atomic E-state index is 12.8. The van der Waals surface area contributed by atoms with Crippen LogP contribution in [0.25, 0.3) is 0 Å². The average Bonchev–Trinajstić information content (AvgIpc) is 3.60. The summed E-state index contributed by atoms with van der Waals surface area (Å²) in [4.78, 5) is 50.4. The molecule has 43 heavy (non-hydrogen) atoms. The zero-order valence-corrected chi connectivity index (χ0v) is 24.5. The van der Waals surface area contributed by atoms with Crippen LogP contribution in [0.3, 0.4) is 0 Å². The molecule has 2 aromatic rings. The first-order valence-corrected chi connectivity index (χ1v) is 15.3. The molecule has 1 atom stereocenters. The summed E-state index contributed by atoms with van der Waals surface area (Å²) in [5.74, 6) is -0.597. The number of rotatable bonds is 15. The Morgan fingerprint density at radius 1 is 1.00 bits per heavy atom. The van der Waals surface area contributed by atoms with Gasteiger partial charge in [-0.2, -0.15) is 0 Å². The molecule has 2 fully saturated rings. The monoisotopic (exact) mass is 595 g/mol. The fourth-order valence-corrected chi connectivity index (χ4v) is 5.84. The predicted molar refractivity (Wildman–Crippen MR) is 156 cm³/mol. The van der Waals surface area contributed by atoms with Crippen molar-refractivity contribution in [2.75, 3.05) is 44.8 Å². The Bertz CT molecular complexity index is 1290. The van der Waals surface area contributed by atoms with Crippen molar-refractivity contribution >= 4 is 29.3 Å². The summed E-state index contributed by atoms with van der Waals surface area (Å²) < 4.78 is 13.1. The van der Waals surface area contributed by atoms with Gasteiger partial charge in [-0.25, -0.2) is 4.68 Å². The van der Waals surface area contributed by atoms with E-state index in [0.717, 1.165) is 11.3 Å². The Morgan fingerprint density at radius 3 is 2.63 bits per heavy atom. The first-order valence-electron chi connectivity index (χ1n) is 15.3. The van der Waals surface area contributed by atoms with Crippen LogP contribution in [-0.2, 0) is 36.9 Å². The van der Waals surface area contributed by atoms with Gasteiger partial charge >= 0.3 is 0 Å². The molecule has 5 rings (SSSR count). The molecule has 13 nitrogen and oxygen atoms in total. The van der Waals surface area contributed by atoms with Gasteiger partial charge in [-0.05, 0) is 43.0 Å². The van der Waals surface area contributed by atoms with Crippen LogP contribution >= 0.6 is 0 Å². The molecule has 4 amide bonds. The molecule has 3 heterocycles. The molecular formula is C30H41N7O6. The van der Waals surface area contributed by atoms with Crippen molar-refractivity contribution in [1.82, 2.24) is 30.5 Å². The van der Waals surface area contributed by atoms with Crippen LogP contribution in [0.2, 0.25) is 0 Å². The van der Waals surface area contributed by atoms with E-state index in [0.29, 0.717) is 69.7 Å². The number of hydrogen-bond donors (Lipinski definition) is 3. The molecule has 0 spiro atoms. The normalized spacial score (nSPS) is 19.0. The van der Waals surface area contributed by atoms with Gasteiger partial charge in [0.2, 0.25) is 17.7 Å². The summed E-state index contributed by atoms with van der Waals surface area (Å²) in [6.07, 6.45) is 9.17. The molecule has 3 aliphatic rings. The third-order valence-corrected chi connectivity index (χ3v) is 8.18. The molecule has 2 aliphatic heterocycles. The lowest BCUT2D eigenvalue weighted by Crippen LogP contribution is -2.52. The number of anilines is 1. The maximum Gasteiger partial charge on any atom is 0.255 e. The fraction of sp³-hybridized carbons (Fsp3) is 0.600. The lowest BCUT2D eigenvalue weighted by molar-refractivity contribution is -0.137. The molecule has 1 aliphatic carbocycles. The number of benzene rings is 1. The number of ether oxygens (including phenoxy) is 2. The molecule has 13 heteroatoms. The van der Waals surface area contributed by atoms with E-state index >= 15 is 0 Å². The van der Waals surface area contributed by atoms with Gasteiger partial charge in [0, 0.05) is 55.8 Å². The number of imide groups is 1. The highest BCUT2D eigenvalue weighted by atomic mass is 16.5. The molecule has 1 saturated carbocycles. The zero-order chi connectivity index (χ0) is 30.0. The van der Waals surface area contributed by atoms with E-state index in [1.54, 1.807) is 18.2 Å². The van der Waals surface area contributed by atoms with Crippen LogP contribution in [0.15, 0.2) is 24.4 Å². The van der Waals surface area contributed by atoms with Crippen molar-refractivity contribution in [3.05, 3.63) is 41.2 Å². The Hall–Kier alpha value is -3.68. The van der Waals surface area contributed by atoms with Gasteiger partial charge < -0.3 is 25.0 Å². The average molecular weight is 596 g/mol. The minimum Gasteiger partial charge on any atom is -0.378 e. The van der Waals surface area contributed by atoms with Gasteiger partial charge in [0.1, 0.15) is 6.04 Å². The van der Waals surface area contributed by atoms with Crippen molar-refractivity contribution in [1.29, 1.82) is 0 Å². The number of amides is 4. The first kappa shape index (κ1) is 30.8. The highest BCUT2D eigenvalue weighted by molar-refractivity contribution is 6.05. The van der Waals surface area contributed by atoms with Crippen LogP contribution < -0.4 is 16.0 Å². The van der Waals surface area contributed by atoms with Crippen LogP contribution in [0.5, 0.6) is 0 Å². The van der Waals surface area contributed by atoms with Crippen molar-refractivity contribution in [2.45, 2.75) is 76.4 Å². The van der Waals surface area contributed by atoms with Gasteiger partial charge in [0.15, 0.2) is 0 Å². The molecule has 1 aromatic heterocycles. The second kappa shape index (κ2) is 15.2. The quantitative estimate of drug-likeness (QED) is 0.206. The smallest absolute Gasteiger partial charge is 0.255 e. The summed E-state index contributed by atoms with van der Waals surface area (Å²) in [7, 11) is 0. The van der Waals surface area contributed by atoms with Gasteiger partial charge in [0.25, 0.3) is 5.91 Å². The van der Waals surface area contributed by atoms with Crippen LogP contribution in [0.4, 0.5) is 5.69 Å². The van der Waals surface area contributed by atoms with Gasteiger partial charge in [-0.15, -0.1) is 5.10 Å². The highest BCUT2D eigenvalue weighted by Crippen LogP contribution is 2.31. The Morgan fingerprint density at radius 2 is 1.81 bits per heavy atom. The van der Waals surface area contributed by atoms with Crippen LogP contribution in [0, 0.1) is 0 Å². The van der Waals surface area contributed by atoms with E-state index in [1.165, 1.54) is 37.0 Å². The van der Waals surface area contributed by atoms with Crippen molar-refractivity contribution in [3.63, 3.8) is 0 Å². The van der Waals surface area contributed by atoms with E-state index in [9.17, 15) is 19.2 Å². The Kier molecular flexibility index (Phi) is 10.9.